The van der Waals surface area contributed by atoms with E-state index in [-0.39, 0.29) is 30.1 Å². The van der Waals surface area contributed by atoms with Crippen molar-refractivity contribution in [2.75, 3.05) is 11.9 Å². The Bertz CT molecular complexity index is 936. The number of rotatable bonds is 5. The second-order valence-electron chi connectivity index (χ2n) is 8.01. The van der Waals surface area contributed by atoms with Crippen molar-refractivity contribution in [1.82, 2.24) is 20.7 Å². The Morgan fingerprint density at radius 3 is 3.04 bits per heavy atom. The zero-order valence-electron chi connectivity index (χ0n) is 15.6. The minimum Gasteiger partial charge on any atom is -0.368 e. The molecule has 3 N–H and O–H groups in total. The number of nitrogens with one attached hydrogen (secondary N) is 3. The molecule has 1 aromatic heterocycles. The summed E-state index contributed by atoms with van der Waals surface area (Å²) < 4.78 is 0. The van der Waals surface area contributed by atoms with Gasteiger partial charge in [-0.1, -0.05) is 6.07 Å². The number of nitriles is 1. The molecule has 3 aliphatic rings. The number of amides is 1. The van der Waals surface area contributed by atoms with Crippen molar-refractivity contribution >= 4 is 22.5 Å². The Labute approximate surface area is 164 Å². The molecule has 28 heavy (non-hydrogen) atoms. The standard InChI is InChI=1S/C21H24N6O/c22-9-7-17(13-3-4-13)27-18-8-11-24-21(28)19(18)20(26-27)25-15-5-6-16-14(12-15)2-1-10-23-16/h1-2,5-6,10,12-13,17-20,25-26H,3-4,7-8,11H2,(H,24,28)/t17-,18?,19?,20?/m0/s1. The fourth-order valence-electron chi connectivity index (χ4n) is 4.71. The molecule has 3 unspecified atom stereocenters. The number of fused-ring (bicyclic) bond motifs is 2. The number of pyridine rings is 1. The third kappa shape index (κ3) is 3.09. The first-order valence-corrected chi connectivity index (χ1v) is 10.0. The maximum absolute atomic E-state index is 12.7. The molecule has 0 bridgehead atoms. The molecule has 1 aromatic carbocycles. The molecule has 7 heteroatoms. The summed E-state index contributed by atoms with van der Waals surface area (Å²) in [6, 6.07) is 12.7. The summed E-state index contributed by atoms with van der Waals surface area (Å²) in [4.78, 5) is 17.1. The van der Waals surface area contributed by atoms with E-state index in [1.54, 1.807) is 6.20 Å². The Hall–Kier alpha value is -2.69. The molecule has 3 heterocycles. The molecule has 0 radical (unpaired) electrons. The SMILES string of the molecule is N#CC[C@@H](C1CC1)N1NC(Nc2ccc3ncccc3c2)C2C(=O)NCCC21. The van der Waals surface area contributed by atoms with Crippen molar-refractivity contribution in [1.29, 1.82) is 5.26 Å². The lowest BCUT2D eigenvalue weighted by Crippen LogP contribution is -2.52. The zero-order chi connectivity index (χ0) is 19.1. The van der Waals surface area contributed by atoms with Gasteiger partial charge in [0.25, 0.3) is 0 Å². The highest BCUT2D eigenvalue weighted by molar-refractivity contribution is 5.84. The lowest BCUT2D eigenvalue weighted by Gasteiger charge is -2.34. The molecule has 1 aliphatic carbocycles. The van der Waals surface area contributed by atoms with Gasteiger partial charge in [-0.3, -0.25) is 9.78 Å². The van der Waals surface area contributed by atoms with Gasteiger partial charge >= 0.3 is 0 Å². The van der Waals surface area contributed by atoms with Crippen molar-refractivity contribution in [2.24, 2.45) is 11.8 Å². The first-order valence-electron chi connectivity index (χ1n) is 10.0. The summed E-state index contributed by atoms with van der Waals surface area (Å²) in [7, 11) is 0. The normalized spacial score (nSPS) is 28.4. The Morgan fingerprint density at radius 1 is 1.32 bits per heavy atom. The third-order valence-electron chi connectivity index (χ3n) is 6.21. The third-order valence-corrected chi connectivity index (χ3v) is 6.21. The Kier molecular flexibility index (Phi) is 4.38. The van der Waals surface area contributed by atoms with Gasteiger partial charge in [0.05, 0.1) is 23.9 Å². The Balaban J connectivity index is 1.42. The van der Waals surface area contributed by atoms with Gasteiger partial charge in [-0.15, -0.1) is 0 Å². The van der Waals surface area contributed by atoms with Crippen LogP contribution in [0.3, 0.4) is 0 Å². The van der Waals surface area contributed by atoms with E-state index < -0.39 is 0 Å². The van der Waals surface area contributed by atoms with Gasteiger partial charge in [-0.25, -0.2) is 10.4 Å². The first kappa shape index (κ1) is 17.4. The van der Waals surface area contributed by atoms with Crippen LogP contribution in [0, 0.1) is 23.2 Å². The average Bonchev–Trinajstić information content (AvgIpc) is 3.49. The van der Waals surface area contributed by atoms with Crippen molar-refractivity contribution in [3.63, 3.8) is 0 Å². The number of piperidine rings is 1. The molecule has 144 valence electrons. The number of carbonyl (C=O) groups is 1. The van der Waals surface area contributed by atoms with Gasteiger partial charge in [0.15, 0.2) is 0 Å². The van der Waals surface area contributed by atoms with Crippen molar-refractivity contribution in [2.45, 2.75) is 43.9 Å². The summed E-state index contributed by atoms with van der Waals surface area (Å²) in [6.45, 7) is 0.691. The molecule has 2 saturated heterocycles. The lowest BCUT2D eigenvalue weighted by molar-refractivity contribution is -0.128. The van der Waals surface area contributed by atoms with E-state index in [1.165, 1.54) is 12.8 Å². The average molecular weight is 376 g/mol. The largest absolute Gasteiger partial charge is 0.368 e. The van der Waals surface area contributed by atoms with Gasteiger partial charge in [0, 0.05) is 35.9 Å². The van der Waals surface area contributed by atoms with E-state index >= 15 is 0 Å². The predicted octanol–water partition coefficient (Wildman–Crippen LogP) is 1.99. The number of carbonyl (C=O) groups excluding carboxylic acids is 1. The highest BCUT2D eigenvalue weighted by atomic mass is 16.2. The number of nitrogens with zero attached hydrogens (tertiary/aromatic N) is 3. The predicted molar refractivity (Wildman–Crippen MR) is 106 cm³/mol. The second kappa shape index (κ2) is 7.04. The van der Waals surface area contributed by atoms with E-state index in [0.29, 0.717) is 18.9 Å². The summed E-state index contributed by atoms with van der Waals surface area (Å²) >= 11 is 0. The molecule has 4 atom stereocenters. The first-order chi connectivity index (χ1) is 13.7. The topological polar surface area (TPSA) is 93.1 Å². The molecule has 1 amide bonds. The number of hydrogen-bond acceptors (Lipinski definition) is 6. The lowest BCUT2D eigenvalue weighted by atomic mass is 9.90. The van der Waals surface area contributed by atoms with Crippen LogP contribution in [0.5, 0.6) is 0 Å². The van der Waals surface area contributed by atoms with Gasteiger partial charge < -0.3 is 10.6 Å². The molecule has 1 saturated carbocycles. The van der Waals surface area contributed by atoms with E-state index in [9.17, 15) is 10.1 Å². The van der Waals surface area contributed by atoms with E-state index in [2.05, 4.69) is 38.2 Å². The van der Waals surface area contributed by atoms with E-state index in [0.717, 1.165) is 23.0 Å². The van der Waals surface area contributed by atoms with Crippen LogP contribution < -0.4 is 16.1 Å². The molecule has 7 nitrogen and oxygen atoms in total. The zero-order valence-corrected chi connectivity index (χ0v) is 15.6. The molecule has 2 aromatic rings. The smallest absolute Gasteiger partial charge is 0.228 e. The molecule has 0 spiro atoms. The van der Waals surface area contributed by atoms with Gasteiger partial charge in [-0.05, 0) is 49.4 Å². The number of aromatic nitrogens is 1. The maximum Gasteiger partial charge on any atom is 0.228 e. The quantitative estimate of drug-likeness (QED) is 0.739. The maximum atomic E-state index is 12.7. The van der Waals surface area contributed by atoms with E-state index in [1.807, 2.05) is 24.3 Å². The van der Waals surface area contributed by atoms with Crippen LogP contribution in [-0.4, -0.2) is 40.7 Å². The molecular weight excluding hydrogens is 352 g/mol. The highest BCUT2D eigenvalue weighted by Gasteiger charge is 2.51. The van der Waals surface area contributed by atoms with Gasteiger partial charge in [-0.2, -0.15) is 5.26 Å². The minimum atomic E-state index is -0.195. The molecular formula is C21H24N6O. The van der Waals surface area contributed by atoms with Crippen LogP contribution in [0.4, 0.5) is 5.69 Å². The number of hydrazine groups is 1. The van der Waals surface area contributed by atoms with Crippen molar-refractivity contribution in [3.05, 3.63) is 36.5 Å². The monoisotopic (exact) mass is 376 g/mol. The number of hydrogen-bond donors (Lipinski definition) is 3. The van der Waals surface area contributed by atoms with Gasteiger partial charge in [0.2, 0.25) is 5.91 Å². The van der Waals surface area contributed by atoms with Gasteiger partial charge in [0.1, 0.15) is 6.17 Å². The molecule has 2 aliphatic heterocycles. The van der Waals surface area contributed by atoms with Crippen LogP contribution in [0.15, 0.2) is 36.5 Å². The van der Waals surface area contributed by atoms with Crippen LogP contribution in [0.1, 0.15) is 25.7 Å². The van der Waals surface area contributed by atoms with Crippen LogP contribution in [-0.2, 0) is 4.79 Å². The summed E-state index contributed by atoms with van der Waals surface area (Å²) in [5, 5.41) is 19.1. The number of anilines is 1. The Morgan fingerprint density at radius 2 is 2.21 bits per heavy atom. The van der Waals surface area contributed by atoms with Crippen molar-refractivity contribution < 1.29 is 4.79 Å². The molecule has 5 rings (SSSR count). The van der Waals surface area contributed by atoms with Crippen LogP contribution >= 0.6 is 0 Å². The second-order valence-corrected chi connectivity index (χ2v) is 8.01. The summed E-state index contributed by atoms with van der Waals surface area (Å²) in [5.74, 6) is 0.458. The minimum absolute atomic E-state index is 0.0812. The summed E-state index contributed by atoms with van der Waals surface area (Å²) in [5.41, 5.74) is 5.47. The van der Waals surface area contributed by atoms with E-state index in [4.69, 9.17) is 0 Å². The fourth-order valence-corrected chi connectivity index (χ4v) is 4.71. The fraction of sp³-hybridized carbons (Fsp3) is 0.476. The summed E-state index contributed by atoms with van der Waals surface area (Å²) in [6.07, 6.45) is 5.33. The highest BCUT2D eigenvalue weighted by Crippen LogP contribution is 2.41. The van der Waals surface area contributed by atoms with Crippen LogP contribution in [0.25, 0.3) is 10.9 Å². The molecule has 3 fully saturated rings. The number of benzene rings is 1. The van der Waals surface area contributed by atoms with Crippen molar-refractivity contribution in [3.8, 4) is 6.07 Å². The van der Waals surface area contributed by atoms with Crippen LogP contribution in [0.2, 0.25) is 0 Å².